The summed E-state index contributed by atoms with van der Waals surface area (Å²) in [5.41, 5.74) is -2.79. The SMILES string of the molecule is O=C(Nc1ncc(Cc2cc(C(F)(F)F)cc(C(F)(F)F)c2)s1)c1ccccn1. The van der Waals surface area contributed by atoms with Crippen LogP contribution in [0.5, 0.6) is 0 Å². The van der Waals surface area contributed by atoms with Crippen LogP contribution in [0.15, 0.2) is 48.8 Å². The van der Waals surface area contributed by atoms with Crippen molar-refractivity contribution in [1.82, 2.24) is 9.97 Å². The summed E-state index contributed by atoms with van der Waals surface area (Å²) < 4.78 is 77.7. The first-order valence-corrected chi connectivity index (χ1v) is 8.79. The van der Waals surface area contributed by atoms with Crippen molar-refractivity contribution in [3.8, 4) is 0 Å². The molecule has 2 aromatic heterocycles. The average Bonchev–Trinajstić information content (AvgIpc) is 3.07. The Morgan fingerprint density at radius 3 is 2.17 bits per heavy atom. The summed E-state index contributed by atoms with van der Waals surface area (Å²) in [4.78, 5) is 20.2. The van der Waals surface area contributed by atoms with E-state index in [-0.39, 0.29) is 28.9 Å². The van der Waals surface area contributed by atoms with Crippen molar-refractivity contribution in [2.24, 2.45) is 0 Å². The number of carbonyl (C=O) groups is 1. The van der Waals surface area contributed by atoms with Gasteiger partial charge in [0.15, 0.2) is 5.13 Å². The number of rotatable bonds is 4. The lowest BCUT2D eigenvalue weighted by Gasteiger charge is -2.13. The lowest BCUT2D eigenvalue weighted by Crippen LogP contribution is -2.12. The Kier molecular flexibility index (Phi) is 5.60. The Hall–Kier alpha value is -2.95. The van der Waals surface area contributed by atoms with Gasteiger partial charge in [0.25, 0.3) is 5.91 Å². The van der Waals surface area contributed by atoms with Crippen molar-refractivity contribution in [3.63, 3.8) is 0 Å². The fourth-order valence-electron chi connectivity index (χ4n) is 2.43. The van der Waals surface area contributed by atoms with E-state index in [0.717, 1.165) is 11.3 Å². The molecule has 0 fully saturated rings. The summed E-state index contributed by atoms with van der Waals surface area (Å²) >= 11 is 0.944. The van der Waals surface area contributed by atoms with Gasteiger partial charge >= 0.3 is 12.4 Å². The highest BCUT2D eigenvalue weighted by atomic mass is 32.1. The summed E-state index contributed by atoms with van der Waals surface area (Å²) in [6, 6.07) is 6.13. The minimum absolute atomic E-state index is 0.0781. The number of pyridine rings is 1. The first-order valence-electron chi connectivity index (χ1n) is 7.98. The molecule has 3 aromatic rings. The van der Waals surface area contributed by atoms with Crippen LogP contribution in [0.4, 0.5) is 31.5 Å². The molecule has 29 heavy (non-hydrogen) atoms. The van der Waals surface area contributed by atoms with Gasteiger partial charge in [-0.1, -0.05) is 6.07 Å². The minimum atomic E-state index is -4.91. The normalized spacial score (nSPS) is 12.1. The summed E-state index contributed by atoms with van der Waals surface area (Å²) in [7, 11) is 0. The van der Waals surface area contributed by atoms with Gasteiger partial charge in [0.1, 0.15) is 5.69 Å². The van der Waals surface area contributed by atoms with Gasteiger partial charge in [0.2, 0.25) is 0 Å². The topological polar surface area (TPSA) is 54.9 Å². The molecule has 1 aromatic carbocycles. The number of alkyl halides is 6. The van der Waals surface area contributed by atoms with Gasteiger partial charge in [0, 0.05) is 23.7 Å². The summed E-state index contributed by atoms with van der Waals surface area (Å²) in [5.74, 6) is -0.537. The van der Waals surface area contributed by atoms with Crippen molar-refractivity contribution in [3.05, 3.63) is 76.1 Å². The highest BCUT2D eigenvalue weighted by Gasteiger charge is 2.36. The number of nitrogens with zero attached hydrogens (tertiary/aromatic N) is 2. The van der Waals surface area contributed by atoms with Gasteiger partial charge in [-0.2, -0.15) is 26.3 Å². The standard InChI is InChI=1S/C18H11F6N3OS/c19-17(20,21)11-5-10(6-12(8-11)18(22,23)24)7-13-9-26-16(29-13)27-15(28)14-3-1-2-4-25-14/h1-6,8-9H,7H2,(H,26,27,28). The number of thiazole rings is 1. The van der Waals surface area contributed by atoms with Crippen molar-refractivity contribution in [2.45, 2.75) is 18.8 Å². The average molecular weight is 431 g/mol. The molecule has 0 saturated heterocycles. The number of hydrogen-bond donors (Lipinski definition) is 1. The molecule has 0 saturated carbocycles. The molecule has 3 rings (SSSR count). The Balaban J connectivity index is 1.81. The second-order valence-corrected chi connectivity index (χ2v) is 7.01. The van der Waals surface area contributed by atoms with Crippen LogP contribution in [0, 0.1) is 0 Å². The number of benzene rings is 1. The third kappa shape index (κ3) is 5.31. The molecule has 2 heterocycles. The van der Waals surface area contributed by atoms with Gasteiger partial charge < -0.3 is 0 Å². The van der Waals surface area contributed by atoms with E-state index in [0.29, 0.717) is 17.0 Å². The van der Waals surface area contributed by atoms with Gasteiger partial charge in [0.05, 0.1) is 11.1 Å². The van der Waals surface area contributed by atoms with Gasteiger partial charge in [-0.05, 0) is 35.9 Å². The third-order valence-corrected chi connectivity index (χ3v) is 4.61. The Bertz CT molecular complexity index is 982. The van der Waals surface area contributed by atoms with Crippen molar-refractivity contribution in [2.75, 3.05) is 5.32 Å². The fraction of sp³-hybridized carbons (Fsp3) is 0.167. The predicted octanol–water partition coefficient (Wildman–Crippen LogP) is 5.42. The molecule has 0 aliphatic carbocycles. The van der Waals surface area contributed by atoms with E-state index in [1.165, 1.54) is 18.5 Å². The maximum atomic E-state index is 13.0. The van der Waals surface area contributed by atoms with Crippen LogP contribution in [-0.2, 0) is 18.8 Å². The van der Waals surface area contributed by atoms with Crippen LogP contribution < -0.4 is 5.32 Å². The number of hydrogen-bond acceptors (Lipinski definition) is 4. The van der Waals surface area contributed by atoms with E-state index in [9.17, 15) is 31.1 Å². The molecular weight excluding hydrogens is 420 g/mol. The van der Waals surface area contributed by atoms with Crippen LogP contribution in [0.3, 0.4) is 0 Å². The Labute approximate surface area is 164 Å². The largest absolute Gasteiger partial charge is 0.416 e. The molecule has 4 nitrogen and oxygen atoms in total. The molecule has 0 spiro atoms. The quantitative estimate of drug-likeness (QED) is 0.562. The molecule has 0 unspecified atom stereocenters. The molecule has 0 aliphatic heterocycles. The first-order chi connectivity index (χ1) is 13.5. The van der Waals surface area contributed by atoms with E-state index < -0.39 is 29.4 Å². The van der Waals surface area contributed by atoms with E-state index in [2.05, 4.69) is 15.3 Å². The molecule has 1 amide bonds. The molecule has 0 atom stereocenters. The monoisotopic (exact) mass is 431 g/mol. The van der Waals surface area contributed by atoms with Crippen LogP contribution in [0.25, 0.3) is 0 Å². The minimum Gasteiger partial charge on any atom is -0.296 e. The van der Waals surface area contributed by atoms with Gasteiger partial charge in [-0.25, -0.2) is 4.98 Å². The molecule has 0 aliphatic rings. The fourth-order valence-corrected chi connectivity index (χ4v) is 3.27. The Morgan fingerprint density at radius 2 is 1.62 bits per heavy atom. The summed E-state index contributed by atoms with van der Waals surface area (Å²) in [6.07, 6.45) is -7.32. The lowest BCUT2D eigenvalue weighted by atomic mass is 10.0. The summed E-state index contributed by atoms with van der Waals surface area (Å²) in [5, 5.41) is 2.63. The zero-order valence-corrected chi connectivity index (χ0v) is 15.1. The molecule has 152 valence electrons. The van der Waals surface area contributed by atoms with E-state index in [4.69, 9.17) is 0 Å². The Morgan fingerprint density at radius 1 is 0.966 bits per heavy atom. The van der Waals surface area contributed by atoms with Crippen LogP contribution >= 0.6 is 11.3 Å². The van der Waals surface area contributed by atoms with Crippen molar-refractivity contribution < 1.29 is 31.1 Å². The van der Waals surface area contributed by atoms with Crippen LogP contribution in [-0.4, -0.2) is 15.9 Å². The second-order valence-electron chi connectivity index (χ2n) is 5.89. The summed E-state index contributed by atoms with van der Waals surface area (Å²) in [6.45, 7) is 0. The first kappa shape index (κ1) is 20.8. The number of nitrogens with one attached hydrogen (secondary N) is 1. The van der Waals surface area contributed by atoms with Gasteiger partial charge in [-0.15, -0.1) is 11.3 Å². The molecular formula is C18H11F6N3OS. The van der Waals surface area contributed by atoms with Crippen molar-refractivity contribution >= 4 is 22.4 Å². The lowest BCUT2D eigenvalue weighted by molar-refractivity contribution is -0.143. The second kappa shape index (κ2) is 7.82. The zero-order chi connectivity index (χ0) is 21.2. The number of amides is 1. The predicted molar refractivity (Wildman–Crippen MR) is 93.6 cm³/mol. The smallest absolute Gasteiger partial charge is 0.296 e. The molecule has 0 bridgehead atoms. The zero-order valence-electron chi connectivity index (χ0n) is 14.3. The van der Waals surface area contributed by atoms with Crippen LogP contribution in [0.1, 0.15) is 32.1 Å². The van der Waals surface area contributed by atoms with E-state index in [1.54, 1.807) is 12.1 Å². The molecule has 1 N–H and O–H groups in total. The van der Waals surface area contributed by atoms with E-state index >= 15 is 0 Å². The maximum Gasteiger partial charge on any atom is 0.416 e. The molecule has 11 heteroatoms. The third-order valence-electron chi connectivity index (χ3n) is 3.70. The van der Waals surface area contributed by atoms with Crippen molar-refractivity contribution in [1.29, 1.82) is 0 Å². The number of halogens is 6. The molecule has 0 radical (unpaired) electrons. The van der Waals surface area contributed by atoms with E-state index in [1.807, 2.05) is 0 Å². The van der Waals surface area contributed by atoms with Gasteiger partial charge in [-0.3, -0.25) is 15.1 Å². The number of carbonyl (C=O) groups excluding carboxylic acids is 1. The highest BCUT2D eigenvalue weighted by molar-refractivity contribution is 7.15. The maximum absolute atomic E-state index is 13.0. The number of aromatic nitrogens is 2. The number of anilines is 1. The highest BCUT2D eigenvalue weighted by Crippen LogP contribution is 2.37. The van der Waals surface area contributed by atoms with Crippen LogP contribution in [0.2, 0.25) is 0 Å².